The van der Waals surface area contributed by atoms with Gasteiger partial charge in [-0.25, -0.2) is 0 Å². The Labute approximate surface area is 121 Å². The summed E-state index contributed by atoms with van der Waals surface area (Å²) in [5.41, 5.74) is 9.45. The van der Waals surface area contributed by atoms with E-state index < -0.39 is 0 Å². The van der Waals surface area contributed by atoms with Crippen molar-refractivity contribution < 1.29 is 4.74 Å². The maximum atomic E-state index is 5.82. The van der Waals surface area contributed by atoms with Crippen LogP contribution in [0.5, 0.6) is 5.75 Å². The fourth-order valence-corrected chi connectivity index (χ4v) is 2.26. The van der Waals surface area contributed by atoms with Gasteiger partial charge in [-0.2, -0.15) is 0 Å². The lowest BCUT2D eigenvalue weighted by atomic mass is 10.1. The Kier molecular flexibility index (Phi) is 5.02. The molecule has 0 radical (unpaired) electrons. The van der Waals surface area contributed by atoms with Crippen molar-refractivity contribution in [3.05, 3.63) is 59.7 Å². The van der Waals surface area contributed by atoms with E-state index in [0.29, 0.717) is 6.54 Å². The lowest BCUT2D eigenvalue weighted by molar-refractivity contribution is 0.414. The minimum absolute atomic E-state index is 0.537. The highest BCUT2D eigenvalue weighted by Gasteiger charge is 2.08. The number of ether oxygens (including phenoxy) is 1. The molecule has 2 aromatic rings. The van der Waals surface area contributed by atoms with Gasteiger partial charge >= 0.3 is 0 Å². The molecule has 0 fully saturated rings. The van der Waals surface area contributed by atoms with E-state index in [9.17, 15) is 0 Å². The second-order valence-corrected chi connectivity index (χ2v) is 4.86. The number of benzene rings is 2. The van der Waals surface area contributed by atoms with Crippen LogP contribution >= 0.6 is 0 Å². The predicted molar refractivity (Wildman–Crippen MR) is 84.3 cm³/mol. The largest absolute Gasteiger partial charge is 0.497 e. The minimum Gasteiger partial charge on any atom is -0.497 e. The Morgan fingerprint density at radius 3 is 2.50 bits per heavy atom. The number of nitrogens with zero attached hydrogens (tertiary/aromatic N) is 1. The fraction of sp³-hybridized carbons (Fsp3) is 0.294. The Bertz CT molecular complexity index is 540. The first-order chi connectivity index (χ1) is 9.74. The highest BCUT2D eigenvalue weighted by Crippen LogP contribution is 2.25. The Morgan fingerprint density at radius 1 is 1.10 bits per heavy atom. The molecule has 2 rings (SSSR count). The molecular weight excluding hydrogens is 248 g/mol. The molecule has 0 heterocycles. The molecule has 3 heteroatoms. The number of hydrogen-bond donors (Lipinski definition) is 1. The Balaban J connectivity index is 2.09. The van der Waals surface area contributed by atoms with Gasteiger partial charge in [0.05, 0.1) is 7.11 Å². The molecule has 0 bridgehead atoms. The summed E-state index contributed by atoms with van der Waals surface area (Å²) >= 11 is 0. The zero-order chi connectivity index (χ0) is 14.4. The monoisotopic (exact) mass is 270 g/mol. The fourth-order valence-electron chi connectivity index (χ4n) is 2.26. The first-order valence-electron chi connectivity index (χ1n) is 6.86. The van der Waals surface area contributed by atoms with Gasteiger partial charge in [0.25, 0.3) is 0 Å². The van der Waals surface area contributed by atoms with Crippen LogP contribution in [-0.2, 0) is 13.0 Å². The normalized spacial score (nSPS) is 10.3. The van der Waals surface area contributed by atoms with Crippen molar-refractivity contribution in [1.82, 2.24) is 0 Å². The Hall–Kier alpha value is -2.00. The molecular formula is C17H22N2O. The third kappa shape index (κ3) is 3.52. The van der Waals surface area contributed by atoms with Crippen molar-refractivity contribution >= 4 is 5.69 Å². The minimum atomic E-state index is 0.537. The van der Waals surface area contributed by atoms with Gasteiger partial charge < -0.3 is 15.4 Å². The number of nitrogens with two attached hydrogens (primary N) is 1. The third-order valence-electron chi connectivity index (χ3n) is 3.50. The lowest BCUT2D eigenvalue weighted by Crippen LogP contribution is -2.22. The van der Waals surface area contributed by atoms with Gasteiger partial charge in [-0.05, 0) is 23.6 Å². The zero-order valence-electron chi connectivity index (χ0n) is 12.2. The molecule has 3 nitrogen and oxygen atoms in total. The molecule has 20 heavy (non-hydrogen) atoms. The van der Waals surface area contributed by atoms with Crippen LogP contribution in [0.25, 0.3) is 0 Å². The van der Waals surface area contributed by atoms with Crippen LogP contribution in [0.1, 0.15) is 11.1 Å². The maximum Gasteiger partial charge on any atom is 0.120 e. The summed E-state index contributed by atoms with van der Waals surface area (Å²) in [6, 6.07) is 16.5. The number of methoxy groups -OCH3 is 1. The highest BCUT2D eigenvalue weighted by atomic mass is 16.5. The molecule has 0 atom stereocenters. The van der Waals surface area contributed by atoms with Crippen molar-refractivity contribution in [2.75, 3.05) is 25.6 Å². The molecule has 106 valence electrons. The Morgan fingerprint density at radius 2 is 1.85 bits per heavy atom. The average molecular weight is 270 g/mol. The molecule has 0 spiro atoms. The van der Waals surface area contributed by atoms with E-state index in [1.807, 2.05) is 24.3 Å². The first-order valence-corrected chi connectivity index (χ1v) is 6.86. The molecule has 0 aliphatic carbocycles. The molecule has 0 aromatic heterocycles. The summed E-state index contributed by atoms with van der Waals surface area (Å²) < 4.78 is 5.30. The SMILES string of the molecule is COc1ccc(CN)c(N(C)CCc2ccccc2)c1. The van der Waals surface area contributed by atoms with Crippen LogP contribution in [0, 0.1) is 0 Å². The standard InChI is InChI=1S/C17H22N2O/c1-19(11-10-14-6-4-3-5-7-14)17-12-16(20-2)9-8-15(17)13-18/h3-9,12H,10-11,13,18H2,1-2H3. The van der Waals surface area contributed by atoms with Crippen LogP contribution in [0.2, 0.25) is 0 Å². The number of hydrogen-bond acceptors (Lipinski definition) is 3. The van der Waals surface area contributed by atoms with Gasteiger partial charge in [0, 0.05) is 31.9 Å². The van der Waals surface area contributed by atoms with Crippen molar-refractivity contribution in [3.8, 4) is 5.75 Å². The predicted octanol–water partition coefficient (Wildman–Crippen LogP) is 2.83. The van der Waals surface area contributed by atoms with E-state index in [1.165, 1.54) is 5.56 Å². The van der Waals surface area contributed by atoms with Crippen LogP contribution in [0.3, 0.4) is 0 Å². The van der Waals surface area contributed by atoms with Gasteiger partial charge in [-0.15, -0.1) is 0 Å². The van der Waals surface area contributed by atoms with E-state index in [1.54, 1.807) is 7.11 Å². The quantitative estimate of drug-likeness (QED) is 0.877. The lowest BCUT2D eigenvalue weighted by Gasteiger charge is -2.23. The summed E-state index contributed by atoms with van der Waals surface area (Å²) in [5.74, 6) is 0.865. The van der Waals surface area contributed by atoms with Crippen molar-refractivity contribution in [2.24, 2.45) is 5.73 Å². The summed E-state index contributed by atoms with van der Waals surface area (Å²) in [7, 11) is 3.78. The summed E-state index contributed by atoms with van der Waals surface area (Å²) in [6.45, 7) is 1.49. The molecule has 0 saturated heterocycles. The van der Waals surface area contributed by atoms with E-state index in [4.69, 9.17) is 10.5 Å². The third-order valence-corrected chi connectivity index (χ3v) is 3.50. The molecule has 0 unspecified atom stereocenters. The molecule has 2 N–H and O–H groups in total. The van der Waals surface area contributed by atoms with E-state index >= 15 is 0 Å². The summed E-state index contributed by atoms with van der Waals surface area (Å²) in [4.78, 5) is 2.23. The second kappa shape index (κ2) is 6.96. The first kappa shape index (κ1) is 14.4. The van der Waals surface area contributed by atoms with Crippen molar-refractivity contribution in [1.29, 1.82) is 0 Å². The topological polar surface area (TPSA) is 38.5 Å². The van der Waals surface area contributed by atoms with Gasteiger partial charge in [-0.1, -0.05) is 36.4 Å². The molecule has 0 saturated carbocycles. The molecule has 2 aromatic carbocycles. The average Bonchev–Trinajstić information content (AvgIpc) is 2.52. The molecule has 0 aliphatic heterocycles. The number of likely N-dealkylation sites (N-methyl/N-ethyl adjacent to an activating group) is 1. The number of rotatable bonds is 6. The van der Waals surface area contributed by atoms with E-state index in [2.05, 4.69) is 36.2 Å². The van der Waals surface area contributed by atoms with Gasteiger partial charge in [0.1, 0.15) is 5.75 Å². The van der Waals surface area contributed by atoms with Gasteiger partial charge in [-0.3, -0.25) is 0 Å². The molecule has 0 aliphatic rings. The van der Waals surface area contributed by atoms with Crippen LogP contribution < -0.4 is 15.4 Å². The summed E-state index contributed by atoms with van der Waals surface area (Å²) in [6.07, 6.45) is 1.01. The second-order valence-electron chi connectivity index (χ2n) is 4.86. The summed E-state index contributed by atoms with van der Waals surface area (Å²) in [5, 5.41) is 0. The molecule has 0 amide bonds. The van der Waals surface area contributed by atoms with E-state index in [-0.39, 0.29) is 0 Å². The van der Waals surface area contributed by atoms with E-state index in [0.717, 1.165) is 30.0 Å². The highest BCUT2D eigenvalue weighted by molar-refractivity contribution is 5.57. The van der Waals surface area contributed by atoms with Crippen LogP contribution in [-0.4, -0.2) is 20.7 Å². The zero-order valence-corrected chi connectivity index (χ0v) is 12.2. The smallest absolute Gasteiger partial charge is 0.120 e. The van der Waals surface area contributed by atoms with Gasteiger partial charge in [0.2, 0.25) is 0 Å². The van der Waals surface area contributed by atoms with Crippen LogP contribution in [0.15, 0.2) is 48.5 Å². The maximum absolute atomic E-state index is 5.82. The number of anilines is 1. The van der Waals surface area contributed by atoms with Crippen molar-refractivity contribution in [2.45, 2.75) is 13.0 Å². The van der Waals surface area contributed by atoms with Crippen LogP contribution in [0.4, 0.5) is 5.69 Å². The van der Waals surface area contributed by atoms with Gasteiger partial charge in [0.15, 0.2) is 0 Å². The van der Waals surface area contributed by atoms with Crippen molar-refractivity contribution in [3.63, 3.8) is 0 Å².